The Bertz CT molecular complexity index is 1240. The molecule has 2 fully saturated rings. The van der Waals surface area contributed by atoms with E-state index in [1.807, 2.05) is 25.3 Å². The van der Waals surface area contributed by atoms with Crippen molar-refractivity contribution in [2.24, 2.45) is 17.6 Å². The molecular formula is C30H36N4O2S. The predicted octanol–water partition coefficient (Wildman–Crippen LogP) is 6.08. The molecule has 0 aliphatic heterocycles. The predicted molar refractivity (Wildman–Crippen MR) is 150 cm³/mol. The maximum Gasteiger partial charge on any atom is 0.224 e. The Hall–Kier alpha value is -3.03. The normalized spacial score (nSPS) is 19.9. The molecular weight excluding hydrogens is 480 g/mol. The van der Waals surface area contributed by atoms with Gasteiger partial charge in [-0.15, -0.1) is 0 Å². The second-order valence-electron chi connectivity index (χ2n) is 11.2. The van der Waals surface area contributed by atoms with Gasteiger partial charge in [0, 0.05) is 35.0 Å². The van der Waals surface area contributed by atoms with Crippen LogP contribution in [0.5, 0.6) is 0 Å². The molecule has 2 aliphatic carbocycles. The van der Waals surface area contributed by atoms with Crippen molar-refractivity contribution in [3.63, 3.8) is 0 Å². The van der Waals surface area contributed by atoms with Crippen LogP contribution in [0, 0.1) is 11.8 Å². The van der Waals surface area contributed by atoms with Crippen molar-refractivity contribution < 1.29 is 9.59 Å². The summed E-state index contributed by atoms with van der Waals surface area (Å²) in [5, 5.41) is 10.4. The van der Waals surface area contributed by atoms with Gasteiger partial charge in [0.05, 0.1) is 17.6 Å². The van der Waals surface area contributed by atoms with E-state index < -0.39 is 5.54 Å². The summed E-state index contributed by atoms with van der Waals surface area (Å²) < 4.78 is 0. The number of nitrogens with two attached hydrogens (primary N) is 1. The van der Waals surface area contributed by atoms with Crippen molar-refractivity contribution in [3.8, 4) is 22.4 Å². The number of hydrogen-bond donors (Lipinski definition) is 3. The van der Waals surface area contributed by atoms with E-state index in [1.54, 1.807) is 17.5 Å². The third kappa shape index (κ3) is 6.46. The molecule has 2 heterocycles. The second kappa shape index (κ2) is 10.8. The van der Waals surface area contributed by atoms with Crippen LogP contribution in [-0.4, -0.2) is 22.8 Å². The van der Waals surface area contributed by atoms with Crippen LogP contribution in [-0.2, 0) is 15.1 Å². The van der Waals surface area contributed by atoms with Crippen LogP contribution < -0.4 is 16.4 Å². The summed E-state index contributed by atoms with van der Waals surface area (Å²) in [5.41, 5.74) is 11.6. The highest BCUT2D eigenvalue weighted by atomic mass is 32.1. The maximum absolute atomic E-state index is 12.9. The molecule has 0 saturated heterocycles. The minimum Gasteiger partial charge on any atom is -0.353 e. The Morgan fingerprint density at radius 3 is 2.38 bits per heavy atom. The fourth-order valence-corrected chi connectivity index (χ4v) is 5.76. The topological polar surface area (TPSA) is 97.1 Å². The van der Waals surface area contributed by atoms with Gasteiger partial charge in [0.1, 0.15) is 0 Å². The van der Waals surface area contributed by atoms with Crippen LogP contribution in [0.15, 0.2) is 53.4 Å². The number of aromatic nitrogens is 1. The SMILES string of the molecule is CC(C)(N)c1ccc(-c2ncc(NC(=O)CC3CCC(NC(=O)C4CC4)CC3)cc2-c2ccsc2)cc1. The van der Waals surface area contributed by atoms with Gasteiger partial charge in [-0.25, -0.2) is 0 Å². The lowest BCUT2D eigenvalue weighted by molar-refractivity contribution is -0.123. The van der Waals surface area contributed by atoms with E-state index in [-0.39, 0.29) is 23.8 Å². The Morgan fingerprint density at radius 2 is 1.76 bits per heavy atom. The number of pyridine rings is 1. The zero-order valence-electron chi connectivity index (χ0n) is 21.6. The molecule has 194 valence electrons. The summed E-state index contributed by atoms with van der Waals surface area (Å²) in [5.74, 6) is 0.839. The maximum atomic E-state index is 12.9. The van der Waals surface area contributed by atoms with Crippen molar-refractivity contribution in [3.05, 3.63) is 58.9 Å². The number of carbonyl (C=O) groups is 2. The molecule has 2 aromatic heterocycles. The standard InChI is InChI=1S/C30H36N4O2S/c1-30(2,31)23-9-7-20(8-10-23)28-26(22-13-14-37-18-22)16-25(17-32-28)33-27(35)15-19-3-11-24(12-4-19)34-29(36)21-5-6-21/h7-10,13-14,16-19,21,24H,3-6,11-12,15,31H2,1-2H3,(H,33,35)(H,34,36). The fraction of sp³-hybridized carbons (Fsp3) is 0.433. The van der Waals surface area contributed by atoms with Gasteiger partial charge in [-0.05, 0) is 92.3 Å². The summed E-state index contributed by atoms with van der Waals surface area (Å²) in [6.07, 6.45) is 8.15. The number of rotatable bonds is 8. The zero-order valence-corrected chi connectivity index (χ0v) is 22.4. The van der Waals surface area contributed by atoms with E-state index >= 15 is 0 Å². The molecule has 2 amide bonds. The van der Waals surface area contributed by atoms with Gasteiger partial charge in [-0.1, -0.05) is 24.3 Å². The van der Waals surface area contributed by atoms with Crippen LogP contribution in [0.4, 0.5) is 5.69 Å². The first-order chi connectivity index (χ1) is 17.8. The van der Waals surface area contributed by atoms with E-state index in [1.165, 1.54) is 0 Å². The number of hydrogen-bond acceptors (Lipinski definition) is 5. The molecule has 0 unspecified atom stereocenters. The minimum atomic E-state index is -0.403. The molecule has 6 nitrogen and oxygen atoms in total. The van der Waals surface area contributed by atoms with Gasteiger partial charge < -0.3 is 16.4 Å². The molecule has 0 radical (unpaired) electrons. The average molecular weight is 517 g/mol. The summed E-state index contributed by atoms with van der Waals surface area (Å²) in [4.78, 5) is 29.7. The number of amides is 2. The Morgan fingerprint density at radius 1 is 1.03 bits per heavy atom. The quantitative estimate of drug-likeness (QED) is 0.338. The minimum absolute atomic E-state index is 0.0193. The van der Waals surface area contributed by atoms with Crippen LogP contribution >= 0.6 is 11.3 Å². The number of nitrogens with one attached hydrogen (secondary N) is 2. The van der Waals surface area contributed by atoms with Gasteiger partial charge in [0.2, 0.25) is 11.8 Å². The van der Waals surface area contributed by atoms with Gasteiger partial charge in [0.15, 0.2) is 0 Å². The summed E-state index contributed by atoms with van der Waals surface area (Å²) in [7, 11) is 0. The molecule has 7 heteroatoms. The average Bonchev–Trinajstić information content (AvgIpc) is 3.59. The van der Waals surface area contributed by atoms with E-state index in [9.17, 15) is 9.59 Å². The lowest BCUT2D eigenvalue weighted by Gasteiger charge is -2.28. The van der Waals surface area contributed by atoms with Crippen LogP contribution in [0.1, 0.15) is 64.4 Å². The molecule has 4 N–H and O–H groups in total. The Kier molecular flexibility index (Phi) is 7.45. The van der Waals surface area contributed by atoms with Gasteiger partial charge in [0.25, 0.3) is 0 Å². The highest BCUT2D eigenvalue weighted by Gasteiger charge is 2.32. The second-order valence-corrected chi connectivity index (χ2v) is 12.0. The molecule has 37 heavy (non-hydrogen) atoms. The Labute approximate surface area is 223 Å². The van der Waals surface area contributed by atoms with Gasteiger partial charge in [-0.2, -0.15) is 11.3 Å². The van der Waals surface area contributed by atoms with Crippen molar-refractivity contribution in [1.29, 1.82) is 0 Å². The first-order valence-corrected chi connectivity index (χ1v) is 14.2. The molecule has 2 aliphatic rings. The molecule has 2 saturated carbocycles. The van der Waals surface area contributed by atoms with Crippen LogP contribution in [0.2, 0.25) is 0 Å². The van der Waals surface area contributed by atoms with Crippen LogP contribution in [0.25, 0.3) is 22.4 Å². The number of nitrogens with zero attached hydrogens (tertiary/aromatic N) is 1. The molecule has 3 aromatic rings. The lowest BCUT2D eigenvalue weighted by Crippen LogP contribution is -2.38. The number of thiophene rings is 1. The van der Waals surface area contributed by atoms with Gasteiger partial charge in [-0.3, -0.25) is 14.6 Å². The van der Waals surface area contributed by atoms with Crippen molar-refractivity contribution in [2.45, 2.75) is 70.4 Å². The van der Waals surface area contributed by atoms with E-state index in [0.29, 0.717) is 18.0 Å². The van der Waals surface area contributed by atoms with E-state index in [4.69, 9.17) is 10.7 Å². The third-order valence-electron chi connectivity index (χ3n) is 7.52. The number of anilines is 1. The van der Waals surface area contributed by atoms with E-state index in [0.717, 1.165) is 66.5 Å². The highest BCUT2D eigenvalue weighted by Crippen LogP contribution is 2.35. The first kappa shape index (κ1) is 25.6. The summed E-state index contributed by atoms with van der Waals surface area (Å²) >= 11 is 1.64. The molecule has 1 aromatic carbocycles. The highest BCUT2D eigenvalue weighted by molar-refractivity contribution is 7.08. The smallest absolute Gasteiger partial charge is 0.224 e. The van der Waals surface area contributed by atoms with Crippen molar-refractivity contribution in [2.75, 3.05) is 5.32 Å². The lowest BCUT2D eigenvalue weighted by atomic mass is 9.84. The summed E-state index contributed by atoms with van der Waals surface area (Å²) in [6, 6.07) is 12.6. The molecule has 0 spiro atoms. The number of benzene rings is 1. The fourth-order valence-electron chi connectivity index (χ4n) is 5.11. The number of carbonyl (C=O) groups excluding carboxylic acids is 2. The van der Waals surface area contributed by atoms with Crippen LogP contribution in [0.3, 0.4) is 0 Å². The van der Waals surface area contributed by atoms with Crippen molar-refractivity contribution in [1.82, 2.24) is 10.3 Å². The van der Waals surface area contributed by atoms with Crippen molar-refractivity contribution >= 4 is 28.8 Å². The first-order valence-electron chi connectivity index (χ1n) is 13.3. The Balaban J connectivity index is 1.24. The largest absolute Gasteiger partial charge is 0.353 e. The monoisotopic (exact) mass is 516 g/mol. The molecule has 0 atom stereocenters. The van der Waals surface area contributed by atoms with Gasteiger partial charge >= 0.3 is 0 Å². The van der Waals surface area contributed by atoms with E-state index in [2.05, 4.69) is 46.3 Å². The third-order valence-corrected chi connectivity index (χ3v) is 8.20. The zero-order chi connectivity index (χ0) is 26.0. The molecule has 5 rings (SSSR count). The molecule has 0 bridgehead atoms. The summed E-state index contributed by atoms with van der Waals surface area (Å²) in [6.45, 7) is 3.99.